The smallest absolute Gasteiger partial charge is 0.157 e. The highest BCUT2D eigenvalue weighted by Gasteiger charge is 2.32. The summed E-state index contributed by atoms with van der Waals surface area (Å²) in [7, 11) is 9.24. The van der Waals surface area contributed by atoms with Crippen LogP contribution >= 0.6 is 53.3 Å². The van der Waals surface area contributed by atoms with Crippen LogP contribution < -0.4 is 20.0 Å². The second kappa shape index (κ2) is 27.4. The minimum Gasteiger partial charge on any atom is -0.378 e. The molecule has 4 aliphatic heterocycles. The number of ether oxygens (including phenoxy) is 2. The number of aryl methyl sites for hydroxylation is 4. The fourth-order valence-corrected chi connectivity index (χ4v) is 12.4. The third-order valence-corrected chi connectivity index (χ3v) is 28.2. The summed E-state index contributed by atoms with van der Waals surface area (Å²) in [6.07, 6.45) is 19.7. The fraction of sp³-hybridized carbons (Fsp3) is 0.509. The third-order valence-electron chi connectivity index (χ3n) is 16.0. The molecule has 4 fully saturated rings. The van der Waals surface area contributed by atoms with Crippen molar-refractivity contribution in [3.05, 3.63) is 111 Å². The van der Waals surface area contributed by atoms with Crippen LogP contribution in [0.1, 0.15) is 129 Å². The molecule has 1 N–H and O–H groups in total. The van der Waals surface area contributed by atoms with Crippen molar-refractivity contribution in [3.8, 4) is 0 Å². The zero-order chi connectivity index (χ0) is 53.5. The second-order valence-electron chi connectivity index (χ2n) is 21.1. The van der Waals surface area contributed by atoms with E-state index in [0.29, 0.717) is 11.2 Å². The highest BCUT2D eigenvalue weighted by atomic mass is 35.5. The molecule has 22 heteroatoms. The predicted molar refractivity (Wildman–Crippen MR) is 339 cm³/mol. The van der Waals surface area contributed by atoms with Crippen molar-refractivity contribution in [2.45, 2.75) is 123 Å². The Labute approximate surface area is 480 Å². The molecule has 0 amide bonds. The van der Waals surface area contributed by atoms with Crippen molar-refractivity contribution in [3.63, 3.8) is 0 Å². The Morgan fingerprint density at radius 3 is 1.73 bits per heavy atom. The van der Waals surface area contributed by atoms with Gasteiger partial charge in [-0.1, -0.05) is 57.7 Å². The van der Waals surface area contributed by atoms with Gasteiger partial charge in [-0.15, -0.1) is 26.8 Å². The number of hydrogen-bond acceptors (Lipinski definition) is 14. The summed E-state index contributed by atoms with van der Waals surface area (Å²) in [6.45, 7) is 13.3. The van der Waals surface area contributed by atoms with E-state index in [0.717, 1.165) is 168 Å². The number of hydrogen-bond donors (Lipinski definition) is 1. The summed E-state index contributed by atoms with van der Waals surface area (Å²) < 4.78 is 15.5. The van der Waals surface area contributed by atoms with Crippen molar-refractivity contribution >= 4 is 104 Å². The van der Waals surface area contributed by atoms with Crippen LogP contribution in [0.3, 0.4) is 0 Å². The minimum absolute atomic E-state index is 0. The van der Waals surface area contributed by atoms with Gasteiger partial charge in [-0.3, -0.25) is 0 Å². The lowest BCUT2D eigenvalue weighted by molar-refractivity contribution is 0.122. The number of fused-ring (bicyclic) bond motifs is 6. The molecule has 0 bridgehead atoms. The van der Waals surface area contributed by atoms with Gasteiger partial charge in [-0.05, 0) is 134 Å². The third kappa shape index (κ3) is 13.2. The van der Waals surface area contributed by atoms with Crippen LogP contribution in [0.25, 0.3) is 33.1 Å². The number of nitrogens with one attached hydrogen (secondary N) is 1. The molecular weight excluding hydrogens is 1100 g/mol. The summed E-state index contributed by atoms with van der Waals surface area (Å²) in [5.74, 6) is 3.56. The Bertz CT molecular complexity index is 3310. The summed E-state index contributed by atoms with van der Waals surface area (Å²) >= 11 is 5.91. The van der Waals surface area contributed by atoms with Crippen LogP contribution in [0.15, 0.2) is 61.2 Å². The Hall–Kier alpha value is -3.92. The summed E-state index contributed by atoms with van der Waals surface area (Å²) in [5, 5.41) is 16.6. The van der Waals surface area contributed by atoms with Crippen molar-refractivity contribution in [1.29, 1.82) is 0 Å². The molecule has 0 saturated carbocycles. The molecule has 6 atom stereocenters. The van der Waals surface area contributed by atoms with E-state index in [9.17, 15) is 0 Å². The average Bonchev–Trinajstić information content (AvgIpc) is 4.33. The summed E-state index contributed by atoms with van der Waals surface area (Å²) in [4.78, 5) is 35.0. The quantitative estimate of drug-likeness (QED) is 0.124. The van der Waals surface area contributed by atoms with Crippen LogP contribution in [0, 0.1) is 13.8 Å². The molecule has 79 heavy (non-hydrogen) atoms. The van der Waals surface area contributed by atoms with Crippen LogP contribution in [-0.2, 0) is 35.2 Å². The van der Waals surface area contributed by atoms with Crippen LogP contribution in [0.5, 0.6) is 0 Å². The number of benzene rings is 2. The van der Waals surface area contributed by atoms with Gasteiger partial charge in [-0.2, -0.15) is 19.2 Å². The van der Waals surface area contributed by atoms with Gasteiger partial charge in [0.15, 0.2) is 11.3 Å². The zero-order valence-corrected chi connectivity index (χ0v) is 51.2. The second-order valence-corrected chi connectivity index (χ2v) is 35.4. The average molecular weight is 1180 g/mol. The van der Waals surface area contributed by atoms with Gasteiger partial charge in [0.2, 0.25) is 0 Å². The van der Waals surface area contributed by atoms with E-state index in [4.69, 9.17) is 46.2 Å². The molecule has 4 saturated heterocycles. The number of piperidine rings is 2. The lowest BCUT2D eigenvalue weighted by Crippen LogP contribution is -2.38. The van der Waals surface area contributed by atoms with Gasteiger partial charge < -0.3 is 29.5 Å². The van der Waals surface area contributed by atoms with Crippen molar-refractivity contribution in [1.82, 2.24) is 54.4 Å². The number of halogens is 1. The van der Waals surface area contributed by atoms with E-state index in [-0.39, 0.29) is 20.5 Å². The van der Waals surface area contributed by atoms with E-state index in [2.05, 4.69) is 108 Å². The van der Waals surface area contributed by atoms with Crippen LogP contribution in [0.4, 0.5) is 17.5 Å². The van der Waals surface area contributed by atoms with Gasteiger partial charge in [0.05, 0.1) is 60.9 Å². The molecule has 6 unspecified atom stereocenters. The Morgan fingerprint density at radius 2 is 1.16 bits per heavy atom. The molecule has 6 aromatic heterocycles. The Morgan fingerprint density at radius 1 is 0.633 bits per heavy atom. The SMILES string of the molecule is C.Cc1cccc2ncnc(Cl)c12.Cc1cccc2ncnc(N3CCCCC3c3cc4nc5c(c(N6CCOCC6)n4n3)CCCC5)c12.PPP(P)P.c1c(C2CCCCN2)nn2c(N3CCOCC3)c3c(nc12)CCCC3. The molecule has 2 aromatic carbocycles. The first kappa shape index (κ1) is 58.3. The normalized spacial score (nSPS) is 19.6. The van der Waals surface area contributed by atoms with E-state index in [1.54, 1.807) is 6.33 Å². The van der Waals surface area contributed by atoms with E-state index >= 15 is 0 Å². The number of morpholine rings is 2. The van der Waals surface area contributed by atoms with Gasteiger partial charge >= 0.3 is 0 Å². The first-order valence-corrected chi connectivity index (χ1v) is 36.6. The lowest BCUT2D eigenvalue weighted by Gasteiger charge is -2.36. The number of nitrogens with zero attached hydrogens (tertiary/aromatic N) is 13. The molecular formula is C57H78ClN14O2P5. The Balaban J connectivity index is 0.000000141. The molecule has 2 aliphatic carbocycles. The zero-order valence-electron chi connectivity index (χ0n) is 45.1. The van der Waals surface area contributed by atoms with Gasteiger partial charge in [0.1, 0.15) is 35.3 Å². The fourth-order valence-electron chi connectivity index (χ4n) is 12.1. The number of anilines is 3. The molecule has 16 nitrogen and oxygen atoms in total. The molecule has 0 radical (unpaired) electrons. The topological polar surface area (TPSA) is 152 Å². The van der Waals surface area contributed by atoms with Gasteiger partial charge in [-0.25, -0.2) is 29.9 Å². The van der Waals surface area contributed by atoms with Crippen molar-refractivity contribution in [2.75, 3.05) is 80.4 Å². The maximum Gasteiger partial charge on any atom is 0.157 e. The van der Waals surface area contributed by atoms with Gasteiger partial charge in [0.25, 0.3) is 0 Å². The van der Waals surface area contributed by atoms with E-state index in [1.165, 1.54) is 97.4 Å². The maximum atomic E-state index is 5.91. The van der Waals surface area contributed by atoms with Gasteiger partial charge in [0, 0.05) is 78.1 Å². The molecule has 8 aromatic rings. The highest BCUT2D eigenvalue weighted by Crippen LogP contribution is 2.71. The Kier molecular flexibility index (Phi) is 20.2. The number of rotatable bonds is 6. The minimum atomic E-state index is 0. The first-order chi connectivity index (χ1) is 38.2. The summed E-state index contributed by atoms with van der Waals surface area (Å²) in [5.41, 5.74) is 13.8. The standard InChI is InChI=1S/C28H33N7O.C19H27N5O.C9H7ClN2.CH4.H7P5/c1-19-7-6-10-22-26(19)27(30-18-29-22)34-12-5-4-11-24(34)23-17-25-31-21-9-3-2-8-20(21)28(35(25)32-23)33-13-15-36-16-14-33;1-2-6-15-14(5-1)19(23-9-11-25-12-10-23)24-18(21-15)13-17(22-24)16-7-3-4-8-20-16;1-6-3-2-4-7-8(6)9(10)12-5-11-7;;1-4-5(2)3/h6-7,10,17-18,24H,2-5,8-9,11-16H2,1H3;13,16,20H,1-12H2;2-5H,1H3;1H4;4H,1-3H2. The largest absolute Gasteiger partial charge is 0.378 e. The van der Waals surface area contributed by atoms with Crippen molar-refractivity contribution in [2.24, 2.45) is 0 Å². The number of aromatic nitrogens is 10. The van der Waals surface area contributed by atoms with E-state index < -0.39 is 0 Å². The molecule has 6 aliphatic rings. The first-order valence-electron chi connectivity index (χ1n) is 28.0. The molecule has 10 heterocycles. The monoisotopic (exact) mass is 1180 g/mol. The highest BCUT2D eigenvalue weighted by molar-refractivity contribution is 8.77. The van der Waals surface area contributed by atoms with Crippen LogP contribution in [0.2, 0.25) is 5.15 Å². The summed E-state index contributed by atoms with van der Waals surface area (Å²) in [6, 6.07) is 17.2. The molecule has 0 spiro atoms. The van der Waals surface area contributed by atoms with Crippen LogP contribution in [-0.4, -0.2) is 115 Å². The molecule has 14 rings (SSSR count). The molecule has 420 valence electrons. The van der Waals surface area contributed by atoms with E-state index in [1.807, 2.05) is 25.1 Å². The maximum absolute atomic E-state index is 5.91. The lowest BCUT2D eigenvalue weighted by atomic mass is 9.96. The predicted octanol–water partition coefficient (Wildman–Crippen LogP) is 12.3. The van der Waals surface area contributed by atoms with Crippen molar-refractivity contribution < 1.29 is 9.47 Å².